The number of amides is 1. The highest BCUT2D eigenvalue weighted by atomic mass is 35.5. The number of rotatable bonds is 6. The van der Waals surface area contributed by atoms with Crippen LogP contribution in [0.2, 0.25) is 5.02 Å². The van der Waals surface area contributed by atoms with E-state index in [2.05, 4.69) is 10.0 Å². The van der Waals surface area contributed by atoms with E-state index in [0.717, 1.165) is 6.26 Å². The molecule has 0 radical (unpaired) electrons. The summed E-state index contributed by atoms with van der Waals surface area (Å²) < 4.78 is 35.0. The van der Waals surface area contributed by atoms with E-state index in [4.69, 9.17) is 21.1 Å². The lowest BCUT2D eigenvalue weighted by Crippen LogP contribution is -2.13. The van der Waals surface area contributed by atoms with Gasteiger partial charge in [0.2, 0.25) is 10.0 Å². The predicted molar refractivity (Wildman–Crippen MR) is 97.4 cm³/mol. The second-order valence-electron chi connectivity index (χ2n) is 5.09. The Morgan fingerprint density at radius 3 is 2.16 bits per heavy atom. The third-order valence-corrected chi connectivity index (χ3v) is 4.07. The van der Waals surface area contributed by atoms with Gasteiger partial charge in [0.25, 0.3) is 5.91 Å². The van der Waals surface area contributed by atoms with Gasteiger partial charge >= 0.3 is 0 Å². The lowest BCUT2D eigenvalue weighted by molar-refractivity contribution is 0.102. The Balaban J connectivity index is 2.21. The molecule has 2 rings (SSSR count). The van der Waals surface area contributed by atoms with E-state index in [-0.39, 0.29) is 0 Å². The Labute approximate surface area is 151 Å². The molecule has 2 aromatic carbocycles. The van der Waals surface area contributed by atoms with Crippen molar-refractivity contribution in [3.05, 3.63) is 47.0 Å². The molecule has 0 spiro atoms. The molecule has 0 atom stereocenters. The normalized spacial score (nSPS) is 10.9. The van der Waals surface area contributed by atoms with Crippen LogP contribution >= 0.6 is 11.6 Å². The van der Waals surface area contributed by atoms with Crippen LogP contribution in [-0.4, -0.2) is 34.8 Å². The van der Waals surface area contributed by atoms with Gasteiger partial charge in [-0.15, -0.1) is 0 Å². The molecule has 0 saturated carbocycles. The number of hydrogen-bond donors (Lipinski definition) is 2. The predicted octanol–water partition coefficient (Wildman–Crippen LogP) is 2.98. The van der Waals surface area contributed by atoms with Crippen LogP contribution in [0.1, 0.15) is 10.4 Å². The molecule has 0 aliphatic heterocycles. The summed E-state index contributed by atoms with van der Waals surface area (Å²) in [6.07, 6.45) is 1.05. The van der Waals surface area contributed by atoms with Gasteiger partial charge in [-0.3, -0.25) is 9.52 Å². The van der Waals surface area contributed by atoms with Crippen molar-refractivity contribution in [1.82, 2.24) is 0 Å². The standard InChI is InChI=1S/C16H17ClN2O5S/c1-23-14-9-15(24-2)13(8-12(14)17)18-16(20)10-4-6-11(7-5-10)19-25(3,21)22/h4-9,19H,1-3H3,(H,18,20). The zero-order valence-electron chi connectivity index (χ0n) is 13.8. The van der Waals surface area contributed by atoms with Gasteiger partial charge in [-0.2, -0.15) is 0 Å². The van der Waals surface area contributed by atoms with Crippen LogP contribution in [0.25, 0.3) is 0 Å². The lowest BCUT2D eigenvalue weighted by Gasteiger charge is -2.13. The van der Waals surface area contributed by atoms with Crippen molar-refractivity contribution in [3.8, 4) is 11.5 Å². The molecular weight excluding hydrogens is 368 g/mol. The number of methoxy groups -OCH3 is 2. The molecule has 0 fully saturated rings. The number of benzene rings is 2. The molecule has 2 N–H and O–H groups in total. The number of hydrogen-bond acceptors (Lipinski definition) is 5. The Kier molecular flexibility index (Phi) is 5.76. The smallest absolute Gasteiger partial charge is 0.255 e. The molecule has 134 valence electrons. The largest absolute Gasteiger partial charge is 0.495 e. The van der Waals surface area contributed by atoms with Crippen LogP contribution in [-0.2, 0) is 10.0 Å². The van der Waals surface area contributed by atoms with Gasteiger partial charge in [-0.25, -0.2) is 8.42 Å². The maximum atomic E-state index is 12.4. The fourth-order valence-corrected chi connectivity index (χ4v) is 2.86. The molecule has 9 heteroatoms. The first kappa shape index (κ1) is 18.9. The highest BCUT2D eigenvalue weighted by molar-refractivity contribution is 7.92. The summed E-state index contributed by atoms with van der Waals surface area (Å²) in [6.45, 7) is 0. The Morgan fingerprint density at radius 2 is 1.64 bits per heavy atom. The van der Waals surface area contributed by atoms with E-state index in [1.165, 1.54) is 44.6 Å². The number of carbonyl (C=O) groups is 1. The second kappa shape index (κ2) is 7.62. The summed E-state index contributed by atoms with van der Waals surface area (Å²) in [6, 6.07) is 9.08. The maximum Gasteiger partial charge on any atom is 0.255 e. The van der Waals surface area contributed by atoms with Gasteiger partial charge in [-0.05, 0) is 30.3 Å². The van der Waals surface area contributed by atoms with Crippen LogP contribution in [0, 0.1) is 0 Å². The Hall–Kier alpha value is -2.45. The summed E-state index contributed by atoms with van der Waals surface area (Å²) in [5.41, 5.74) is 1.09. The number of halogens is 1. The van der Waals surface area contributed by atoms with Gasteiger partial charge in [-0.1, -0.05) is 11.6 Å². The zero-order valence-corrected chi connectivity index (χ0v) is 15.4. The third-order valence-electron chi connectivity index (χ3n) is 3.17. The van der Waals surface area contributed by atoms with E-state index in [1.807, 2.05) is 0 Å². The highest BCUT2D eigenvalue weighted by Crippen LogP contribution is 2.36. The van der Waals surface area contributed by atoms with E-state index >= 15 is 0 Å². The number of carbonyl (C=O) groups excluding carboxylic acids is 1. The fraction of sp³-hybridized carbons (Fsp3) is 0.188. The van der Waals surface area contributed by atoms with Crippen molar-refractivity contribution in [1.29, 1.82) is 0 Å². The van der Waals surface area contributed by atoms with Crippen LogP contribution in [0.5, 0.6) is 11.5 Å². The monoisotopic (exact) mass is 384 g/mol. The van der Waals surface area contributed by atoms with Crippen LogP contribution in [0.3, 0.4) is 0 Å². The molecule has 0 aliphatic rings. The van der Waals surface area contributed by atoms with Gasteiger partial charge in [0.05, 0.1) is 31.2 Å². The molecule has 0 aliphatic carbocycles. The average Bonchev–Trinajstić information content (AvgIpc) is 2.54. The molecule has 0 aromatic heterocycles. The molecule has 7 nitrogen and oxygen atoms in total. The van der Waals surface area contributed by atoms with Gasteiger partial charge < -0.3 is 14.8 Å². The van der Waals surface area contributed by atoms with Crippen LogP contribution in [0.4, 0.5) is 11.4 Å². The van der Waals surface area contributed by atoms with E-state index in [0.29, 0.717) is 33.5 Å². The zero-order chi connectivity index (χ0) is 18.6. The van der Waals surface area contributed by atoms with Crippen molar-refractivity contribution in [2.75, 3.05) is 30.5 Å². The highest BCUT2D eigenvalue weighted by Gasteiger charge is 2.14. The second-order valence-corrected chi connectivity index (χ2v) is 7.25. The van der Waals surface area contributed by atoms with Gasteiger partial charge in [0, 0.05) is 17.3 Å². The van der Waals surface area contributed by atoms with E-state index in [9.17, 15) is 13.2 Å². The van der Waals surface area contributed by atoms with Gasteiger partial charge in [0.15, 0.2) is 0 Å². The molecule has 1 amide bonds. The minimum atomic E-state index is -3.37. The molecule has 0 bridgehead atoms. The number of anilines is 2. The van der Waals surface area contributed by atoms with Gasteiger partial charge in [0.1, 0.15) is 11.5 Å². The van der Waals surface area contributed by atoms with Crippen LogP contribution in [0.15, 0.2) is 36.4 Å². The van der Waals surface area contributed by atoms with E-state index < -0.39 is 15.9 Å². The molecule has 0 unspecified atom stereocenters. The number of sulfonamides is 1. The van der Waals surface area contributed by atoms with Crippen molar-refractivity contribution in [3.63, 3.8) is 0 Å². The first-order chi connectivity index (χ1) is 11.7. The number of ether oxygens (including phenoxy) is 2. The molecule has 0 saturated heterocycles. The summed E-state index contributed by atoms with van der Waals surface area (Å²) in [7, 11) is -0.433. The minimum absolute atomic E-state index is 0.325. The van der Waals surface area contributed by atoms with Crippen LogP contribution < -0.4 is 19.5 Å². The summed E-state index contributed by atoms with van der Waals surface area (Å²) in [4.78, 5) is 12.4. The lowest BCUT2D eigenvalue weighted by atomic mass is 10.2. The van der Waals surface area contributed by atoms with Crippen molar-refractivity contribution >= 4 is 38.9 Å². The Bertz CT molecular complexity index is 882. The fourth-order valence-electron chi connectivity index (χ4n) is 2.06. The molecule has 25 heavy (non-hydrogen) atoms. The number of nitrogens with one attached hydrogen (secondary N) is 2. The quantitative estimate of drug-likeness (QED) is 0.798. The van der Waals surface area contributed by atoms with Crippen molar-refractivity contribution in [2.45, 2.75) is 0 Å². The topological polar surface area (TPSA) is 93.7 Å². The molecular formula is C16H17ClN2O5S. The van der Waals surface area contributed by atoms with Crippen molar-refractivity contribution < 1.29 is 22.7 Å². The van der Waals surface area contributed by atoms with Crippen molar-refractivity contribution in [2.24, 2.45) is 0 Å². The average molecular weight is 385 g/mol. The Morgan fingerprint density at radius 1 is 1.04 bits per heavy atom. The maximum absolute atomic E-state index is 12.4. The summed E-state index contributed by atoms with van der Waals surface area (Å²) in [5.74, 6) is 0.420. The minimum Gasteiger partial charge on any atom is -0.495 e. The molecule has 2 aromatic rings. The molecule has 0 heterocycles. The summed E-state index contributed by atoms with van der Waals surface area (Å²) in [5, 5.41) is 3.02. The summed E-state index contributed by atoms with van der Waals surface area (Å²) >= 11 is 6.07. The first-order valence-electron chi connectivity index (χ1n) is 7.04. The first-order valence-corrected chi connectivity index (χ1v) is 9.31. The van der Waals surface area contributed by atoms with E-state index in [1.54, 1.807) is 6.07 Å². The SMILES string of the molecule is COc1cc(OC)c(NC(=O)c2ccc(NS(C)(=O)=O)cc2)cc1Cl. The third kappa shape index (κ3) is 5.01.